The number of ether oxygens (including phenoxy) is 2. The molecule has 3 aromatic rings. The Morgan fingerprint density at radius 3 is 2.33 bits per heavy atom. The third-order valence-corrected chi connectivity index (χ3v) is 7.45. The number of aromatic nitrogens is 3. The minimum atomic E-state index is -0.510. The van der Waals surface area contributed by atoms with Gasteiger partial charge in [0.1, 0.15) is 29.8 Å². The summed E-state index contributed by atoms with van der Waals surface area (Å²) < 4.78 is 14.0. The number of para-hydroxylation sites is 2. The number of carbonyl (C=O) groups excluding carboxylic acids is 1. The van der Waals surface area contributed by atoms with Crippen LogP contribution in [0, 0.1) is 5.92 Å². The van der Waals surface area contributed by atoms with Gasteiger partial charge in [0.25, 0.3) is 0 Å². The van der Waals surface area contributed by atoms with Gasteiger partial charge < -0.3 is 26.3 Å². The van der Waals surface area contributed by atoms with Gasteiger partial charge in [-0.3, -0.25) is 9.79 Å². The zero-order chi connectivity index (χ0) is 29.7. The SMILES string of the molecule is CC(C)CCOc1ccccc1-c1ccccc1OCc1cn([C@H](CCCN=C(N)N)C(=O)NC2CCCCC2)nn1. The van der Waals surface area contributed by atoms with Crippen LogP contribution in [-0.4, -0.2) is 46.1 Å². The van der Waals surface area contributed by atoms with E-state index in [2.05, 4.69) is 34.5 Å². The third kappa shape index (κ3) is 9.22. The molecule has 0 aliphatic heterocycles. The van der Waals surface area contributed by atoms with Crippen molar-refractivity contribution >= 4 is 11.9 Å². The molecule has 1 fully saturated rings. The summed E-state index contributed by atoms with van der Waals surface area (Å²) in [5, 5.41) is 11.9. The van der Waals surface area contributed by atoms with Crippen molar-refractivity contribution in [2.24, 2.45) is 22.4 Å². The van der Waals surface area contributed by atoms with Gasteiger partial charge in [-0.2, -0.15) is 0 Å². The molecule has 1 heterocycles. The van der Waals surface area contributed by atoms with Crippen molar-refractivity contribution in [1.82, 2.24) is 20.3 Å². The third-order valence-electron chi connectivity index (χ3n) is 7.45. The predicted molar refractivity (Wildman–Crippen MR) is 165 cm³/mol. The number of nitrogens with two attached hydrogens (primary N) is 2. The Labute approximate surface area is 248 Å². The lowest BCUT2D eigenvalue weighted by Crippen LogP contribution is -2.41. The molecular weight excluding hydrogens is 530 g/mol. The first-order valence-corrected chi connectivity index (χ1v) is 15.1. The van der Waals surface area contributed by atoms with Crippen LogP contribution < -0.4 is 26.3 Å². The van der Waals surface area contributed by atoms with E-state index in [4.69, 9.17) is 20.9 Å². The van der Waals surface area contributed by atoms with Gasteiger partial charge in [0.15, 0.2) is 5.96 Å². The summed E-state index contributed by atoms with van der Waals surface area (Å²) in [6, 6.07) is 15.6. The highest BCUT2D eigenvalue weighted by Gasteiger charge is 2.25. The molecule has 0 radical (unpaired) electrons. The van der Waals surface area contributed by atoms with Crippen LogP contribution in [0.2, 0.25) is 0 Å². The number of aliphatic imine (C=N–C) groups is 1. The quantitative estimate of drug-likeness (QED) is 0.132. The topological polar surface area (TPSA) is 143 Å². The lowest BCUT2D eigenvalue weighted by atomic mass is 9.95. The largest absolute Gasteiger partial charge is 0.493 e. The van der Waals surface area contributed by atoms with Gasteiger partial charge in [0.2, 0.25) is 5.91 Å². The Morgan fingerprint density at radius 1 is 1.00 bits per heavy atom. The molecule has 4 rings (SSSR count). The second kappa shape index (κ2) is 15.8. The zero-order valence-corrected chi connectivity index (χ0v) is 24.9. The number of benzene rings is 2. The van der Waals surface area contributed by atoms with Crippen molar-refractivity contribution in [2.75, 3.05) is 13.2 Å². The summed E-state index contributed by atoms with van der Waals surface area (Å²) in [7, 11) is 0. The van der Waals surface area contributed by atoms with Crippen molar-refractivity contribution in [3.05, 3.63) is 60.4 Å². The average Bonchev–Trinajstić information content (AvgIpc) is 3.45. The molecule has 10 nitrogen and oxygen atoms in total. The standard InChI is InChI=1S/C32H45N7O3/c1-23(2)18-20-41-29-16-8-6-13-26(29)27-14-7-9-17-30(27)42-22-25-21-39(38-37-25)28(15-10-19-35-32(33)34)31(40)36-24-11-4-3-5-12-24/h6-9,13-14,16-17,21,23-24,28H,3-5,10-12,15,18-20,22H2,1-2H3,(H,36,40)(H4,33,34,35)/t28-/m1/s1. The molecule has 1 aliphatic rings. The van der Waals surface area contributed by atoms with E-state index in [0.717, 1.165) is 54.7 Å². The predicted octanol–water partition coefficient (Wildman–Crippen LogP) is 4.99. The van der Waals surface area contributed by atoms with E-state index in [1.807, 2.05) is 48.5 Å². The van der Waals surface area contributed by atoms with Gasteiger partial charge in [-0.05, 0) is 50.2 Å². The molecule has 0 spiro atoms. The Hall–Kier alpha value is -4.08. The van der Waals surface area contributed by atoms with Crippen LogP contribution in [0.3, 0.4) is 0 Å². The number of hydrogen-bond donors (Lipinski definition) is 3. The molecular formula is C32H45N7O3. The van der Waals surface area contributed by atoms with Gasteiger partial charge in [0.05, 0.1) is 12.8 Å². The van der Waals surface area contributed by atoms with Crippen LogP contribution in [0.25, 0.3) is 11.1 Å². The first-order chi connectivity index (χ1) is 20.4. The van der Waals surface area contributed by atoms with Crippen molar-refractivity contribution < 1.29 is 14.3 Å². The Kier molecular flexibility index (Phi) is 11.6. The summed E-state index contributed by atoms with van der Waals surface area (Å²) >= 11 is 0. The fourth-order valence-electron chi connectivity index (χ4n) is 5.14. The monoisotopic (exact) mass is 575 g/mol. The smallest absolute Gasteiger partial charge is 0.245 e. The second-order valence-electron chi connectivity index (χ2n) is 11.3. The first kappa shape index (κ1) is 30.9. The van der Waals surface area contributed by atoms with Crippen LogP contribution in [0.4, 0.5) is 0 Å². The lowest BCUT2D eigenvalue weighted by Gasteiger charge is -2.25. The fourth-order valence-corrected chi connectivity index (χ4v) is 5.14. The second-order valence-corrected chi connectivity index (χ2v) is 11.3. The number of rotatable bonds is 15. The molecule has 1 aromatic heterocycles. The Morgan fingerprint density at radius 2 is 1.67 bits per heavy atom. The molecule has 0 saturated heterocycles. The number of nitrogens with zero attached hydrogens (tertiary/aromatic N) is 4. The molecule has 10 heteroatoms. The highest BCUT2D eigenvalue weighted by atomic mass is 16.5. The number of carbonyl (C=O) groups is 1. The van der Waals surface area contributed by atoms with Gasteiger partial charge in [-0.15, -0.1) is 5.10 Å². The van der Waals surface area contributed by atoms with Crippen LogP contribution in [0.15, 0.2) is 59.7 Å². The minimum Gasteiger partial charge on any atom is -0.493 e. The molecule has 1 saturated carbocycles. The highest BCUT2D eigenvalue weighted by Crippen LogP contribution is 2.36. The molecule has 1 amide bonds. The van der Waals surface area contributed by atoms with Crippen LogP contribution >= 0.6 is 0 Å². The maximum Gasteiger partial charge on any atom is 0.245 e. The van der Waals surface area contributed by atoms with Crippen molar-refractivity contribution in [2.45, 2.75) is 83.9 Å². The molecule has 1 aliphatic carbocycles. The van der Waals surface area contributed by atoms with E-state index in [0.29, 0.717) is 37.6 Å². The van der Waals surface area contributed by atoms with Crippen molar-refractivity contribution in [1.29, 1.82) is 0 Å². The van der Waals surface area contributed by atoms with Gasteiger partial charge in [-0.1, -0.05) is 74.7 Å². The lowest BCUT2D eigenvalue weighted by molar-refractivity contribution is -0.125. The zero-order valence-electron chi connectivity index (χ0n) is 24.9. The van der Waals surface area contributed by atoms with Crippen molar-refractivity contribution in [3.8, 4) is 22.6 Å². The maximum atomic E-state index is 13.3. The van der Waals surface area contributed by atoms with E-state index in [1.165, 1.54) is 6.42 Å². The fraction of sp³-hybridized carbons (Fsp3) is 0.500. The number of guanidine groups is 1. The summed E-state index contributed by atoms with van der Waals surface area (Å²) in [5.74, 6) is 2.10. The highest BCUT2D eigenvalue weighted by molar-refractivity contribution is 5.80. The van der Waals surface area contributed by atoms with Crippen molar-refractivity contribution in [3.63, 3.8) is 0 Å². The molecule has 42 heavy (non-hydrogen) atoms. The summed E-state index contributed by atoms with van der Waals surface area (Å²) in [4.78, 5) is 17.4. The van der Waals surface area contributed by atoms with E-state index in [-0.39, 0.29) is 24.5 Å². The van der Waals surface area contributed by atoms with E-state index >= 15 is 0 Å². The van der Waals surface area contributed by atoms with Crippen LogP contribution in [0.1, 0.15) is 76.9 Å². The Bertz CT molecular complexity index is 1300. The summed E-state index contributed by atoms with van der Waals surface area (Å²) in [5.41, 5.74) is 13.5. The van der Waals surface area contributed by atoms with Crippen LogP contribution in [0.5, 0.6) is 11.5 Å². The Balaban J connectivity index is 1.45. The number of hydrogen-bond acceptors (Lipinski definition) is 6. The molecule has 226 valence electrons. The minimum absolute atomic E-state index is 0.0448. The van der Waals surface area contributed by atoms with Gasteiger partial charge >= 0.3 is 0 Å². The first-order valence-electron chi connectivity index (χ1n) is 15.1. The van der Waals surface area contributed by atoms with Gasteiger partial charge in [-0.25, -0.2) is 4.68 Å². The molecule has 0 unspecified atom stereocenters. The number of amides is 1. The molecule has 2 aromatic carbocycles. The number of nitrogens with one attached hydrogen (secondary N) is 1. The van der Waals surface area contributed by atoms with Crippen LogP contribution in [-0.2, 0) is 11.4 Å². The average molecular weight is 576 g/mol. The molecule has 5 N–H and O–H groups in total. The summed E-state index contributed by atoms with van der Waals surface area (Å²) in [6.45, 7) is 5.68. The van der Waals surface area contributed by atoms with E-state index < -0.39 is 6.04 Å². The molecule has 1 atom stereocenters. The van der Waals surface area contributed by atoms with E-state index in [9.17, 15) is 4.79 Å². The van der Waals surface area contributed by atoms with E-state index in [1.54, 1.807) is 10.9 Å². The molecule has 0 bridgehead atoms. The maximum absolute atomic E-state index is 13.3. The summed E-state index contributed by atoms with van der Waals surface area (Å²) in [6.07, 6.45) is 9.46. The van der Waals surface area contributed by atoms with Gasteiger partial charge in [0, 0.05) is 23.7 Å². The normalized spacial score (nSPS) is 14.4.